The third-order valence-electron chi connectivity index (χ3n) is 3.61. The maximum atomic E-state index is 11.8. The average Bonchev–Trinajstić information content (AvgIpc) is 2.60. The quantitative estimate of drug-likeness (QED) is 0.740. The number of hydrogen-bond acceptors (Lipinski definition) is 3. The van der Waals surface area contributed by atoms with Crippen molar-refractivity contribution in [3.05, 3.63) is 81.2 Å². The van der Waals surface area contributed by atoms with E-state index in [-0.39, 0.29) is 16.8 Å². The fraction of sp³-hybridized carbons (Fsp3) is 0.0556. The minimum Gasteiger partial charge on any atom is -0.503 e. The largest absolute Gasteiger partial charge is 0.503 e. The number of aromatic nitrogens is 1. The van der Waals surface area contributed by atoms with Crippen molar-refractivity contribution in [3.63, 3.8) is 0 Å². The van der Waals surface area contributed by atoms with Crippen molar-refractivity contribution in [2.45, 2.75) is 6.61 Å². The third-order valence-corrected chi connectivity index (χ3v) is 4.43. The van der Waals surface area contributed by atoms with E-state index in [2.05, 4.69) is 15.9 Å². The molecule has 0 aliphatic carbocycles. The van der Waals surface area contributed by atoms with E-state index in [9.17, 15) is 15.0 Å². The van der Waals surface area contributed by atoms with Crippen LogP contribution in [-0.4, -0.2) is 14.8 Å². The first-order valence-corrected chi connectivity index (χ1v) is 7.81. The molecule has 0 radical (unpaired) electrons. The Bertz CT molecular complexity index is 904. The minimum absolute atomic E-state index is 0.158. The Morgan fingerprint density at radius 2 is 1.70 bits per heavy atom. The van der Waals surface area contributed by atoms with Crippen LogP contribution in [0.25, 0.3) is 16.8 Å². The fourth-order valence-electron chi connectivity index (χ4n) is 2.45. The average molecular weight is 372 g/mol. The normalized spacial score (nSPS) is 10.7. The smallest absolute Gasteiger partial charge is 0.237 e. The first-order chi connectivity index (χ1) is 11.1. The van der Waals surface area contributed by atoms with Gasteiger partial charge < -0.3 is 14.8 Å². The van der Waals surface area contributed by atoms with Crippen LogP contribution in [-0.2, 0) is 6.61 Å². The van der Waals surface area contributed by atoms with Crippen LogP contribution < -0.4 is 5.43 Å². The van der Waals surface area contributed by atoms with E-state index in [0.717, 1.165) is 16.8 Å². The van der Waals surface area contributed by atoms with Crippen molar-refractivity contribution >= 4 is 15.9 Å². The first-order valence-electron chi connectivity index (χ1n) is 7.01. The summed E-state index contributed by atoms with van der Waals surface area (Å²) in [4.78, 5) is 11.8. The summed E-state index contributed by atoms with van der Waals surface area (Å²) < 4.78 is 1.76. The van der Waals surface area contributed by atoms with Gasteiger partial charge in [0.1, 0.15) is 0 Å². The van der Waals surface area contributed by atoms with Gasteiger partial charge in [0, 0.05) is 5.69 Å². The number of hydrogen-bond donors (Lipinski definition) is 2. The maximum Gasteiger partial charge on any atom is 0.237 e. The number of nitrogens with zero attached hydrogens (tertiary/aromatic N) is 1. The highest BCUT2D eigenvalue weighted by molar-refractivity contribution is 9.10. The Morgan fingerprint density at radius 3 is 2.39 bits per heavy atom. The summed E-state index contributed by atoms with van der Waals surface area (Å²) in [5.41, 5.74) is 2.65. The van der Waals surface area contributed by atoms with Gasteiger partial charge in [0.25, 0.3) is 0 Å². The van der Waals surface area contributed by atoms with E-state index in [1.807, 2.05) is 54.6 Å². The molecule has 3 rings (SSSR count). The molecule has 5 heteroatoms. The standard InChI is InChI=1S/C18H14BrNO3/c19-17-15(11-21)20(10-16(22)18(17)23)14-8-4-7-13(9-14)12-5-2-1-3-6-12/h1-10,21-22H,11H2. The molecule has 0 spiro atoms. The zero-order valence-electron chi connectivity index (χ0n) is 12.1. The molecule has 0 fully saturated rings. The van der Waals surface area contributed by atoms with Gasteiger partial charge in [0.05, 0.1) is 23.0 Å². The van der Waals surface area contributed by atoms with E-state index in [0.29, 0.717) is 5.69 Å². The van der Waals surface area contributed by atoms with Crippen molar-refractivity contribution < 1.29 is 10.2 Å². The van der Waals surface area contributed by atoms with E-state index in [1.54, 1.807) is 4.57 Å². The highest BCUT2D eigenvalue weighted by Crippen LogP contribution is 2.25. The van der Waals surface area contributed by atoms with Gasteiger partial charge in [-0.25, -0.2) is 0 Å². The molecule has 0 bridgehead atoms. The van der Waals surface area contributed by atoms with Gasteiger partial charge in [-0.3, -0.25) is 4.79 Å². The zero-order chi connectivity index (χ0) is 16.4. The molecule has 0 saturated heterocycles. The molecule has 4 nitrogen and oxygen atoms in total. The lowest BCUT2D eigenvalue weighted by Crippen LogP contribution is -2.13. The molecule has 0 aliphatic heterocycles. The summed E-state index contributed by atoms with van der Waals surface area (Å²) >= 11 is 3.15. The summed E-state index contributed by atoms with van der Waals surface area (Å²) in [5.74, 6) is -0.376. The van der Waals surface area contributed by atoms with Crippen LogP contribution in [0.4, 0.5) is 0 Å². The van der Waals surface area contributed by atoms with Gasteiger partial charge in [-0.2, -0.15) is 0 Å². The second kappa shape index (κ2) is 6.40. The van der Waals surface area contributed by atoms with Crippen molar-refractivity contribution in [1.29, 1.82) is 0 Å². The predicted molar refractivity (Wildman–Crippen MR) is 92.8 cm³/mol. The Balaban J connectivity index is 2.19. The highest BCUT2D eigenvalue weighted by atomic mass is 79.9. The van der Waals surface area contributed by atoms with Gasteiger partial charge in [-0.15, -0.1) is 0 Å². The van der Waals surface area contributed by atoms with Gasteiger partial charge in [-0.1, -0.05) is 42.5 Å². The molecule has 0 unspecified atom stereocenters. The second-order valence-electron chi connectivity index (χ2n) is 5.05. The molecular weight excluding hydrogens is 358 g/mol. The van der Waals surface area contributed by atoms with Crippen LogP contribution >= 0.6 is 15.9 Å². The second-order valence-corrected chi connectivity index (χ2v) is 5.84. The number of aliphatic hydroxyl groups excluding tert-OH is 1. The maximum absolute atomic E-state index is 11.8. The lowest BCUT2D eigenvalue weighted by atomic mass is 10.1. The predicted octanol–water partition coefficient (Wildman–Crippen LogP) is 3.46. The molecular formula is C18H14BrNO3. The number of benzene rings is 2. The molecule has 0 amide bonds. The highest BCUT2D eigenvalue weighted by Gasteiger charge is 2.14. The number of aromatic hydroxyl groups is 1. The number of rotatable bonds is 3. The van der Waals surface area contributed by atoms with Gasteiger partial charge in [-0.05, 0) is 39.2 Å². The molecule has 2 aromatic carbocycles. The molecule has 116 valence electrons. The van der Waals surface area contributed by atoms with Crippen LogP contribution in [0.1, 0.15) is 5.69 Å². The van der Waals surface area contributed by atoms with Gasteiger partial charge >= 0.3 is 0 Å². The Labute approximate surface area is 141 Å². The molecule has 1 heterocycles. The van der Waals surface area contributed by atoms with E-state index >= 15 is 0 Å². The molecule has 0 atom stereocenters. The molecule has 0 aliphatic rings. The number of aliphatic hydroxyl groups is 1. The van der Waals surface area contributed by atoms with Crippen molar-refractivity contribution in [1.82, 2.24) is 4.57 Å². The lowest BCUT2D eigenvalue weighted by Gasteiger charge is -2.15. The third kappa shape index (κ3) is 2.93. The van der Waals surface area contributed by atoms with Crippen LogP contribution in [0, 0.1) is 0 Å². The summed E-state index contributed by atoms with van der Waals surface area (Å²) in [6.07, 6.45) is 1.32. The van der Waals surface area contributed by atoms with Crippen molar-refractivity contribution in [2.75, 3.05) is 0 Å². The van der Waals surface area contributed by atoms with E-state index < -0.39 is 5.43 Å². The van der Waals surface area contributed by atoms with Crippen molar-refractivity contribution in [2.24, 2.45) is 0 Å². The Hall–Kier alpha value is -2.37. The summed E-state index contributed by atoms with van der Waals surface area (Å²) in [5, 5.41) is 19.4. The monoisotopic (exact) mass is 371 g/mol. The summed E-state index contributed by atoms with van der Waals surface area (Å²) in [6.45, 7) is -0.328. The molecule has 3 aromatic rings. The van der Waals surface area contributed by atoms with Gasteiger partial charge in [0.2, 0.25) is 5.43 Å². The molecule has 2 N–H and O–H groups in total. The Morgan fingerprint density at radius 1 is 1.00 bits per heavy atom. The van der Waals surface area contributed by atoms with Gasteiger partial charge in [0.15, 0.2) is 5.75 Å². The Kier molecular flexibility index (Phi) is 4.32. The lowest BCUT2D eigenvalue weighted by molar-refractivity contribution is 0.272. The van der Waals surface area contributed by atoms with Crippen LogP contribution in [0.15, 0.2) is 70.1 Å². The summed E-state index contributed by atoms with van der Waals surface area (Å²) in [6, 6.07) is 17.5. The minimum atomic E-state index is -0.537. The molecule has 0 saturated carbocycles. The van der Waals surface area contributed by atoms with E-state index in [4.69, 9.17) is 0 Å². The first kappa shape index (κ1) is 15.5. The topological polar surface area (TPSA) is 62.5 Å². The van der Waals surface area contributed by atoms with E-state index in [1.165, 1.54) is 6.20 Å². The SMILES string of the molecule is O=c1c(O)cn(-c2cccc(-c3ccccc3)c2)c(CO)c1Br. The molecule has 23 heavy (non-hydrogen) atoms. The number of pyridine rings is 1. The van der Waals surface area contributed by atoms with Crippen molar-refractivity contribution in [3.8, 4) is 22.6 Å². The fourth-order valence-corrected chi connectivity index (χ4v) is 2.97. The summed E-state index contributed by atoms with van der Waals surface area (Å²) in [7, 11) is 0. The van der Waals surface area contributed by atoms with Crippen LogP contribution in [0.3, 0.4) is 0 Å². The van der Waals surface area contributed by atoms with Crippen LogP contribution in [0.2, 0.25) is 0 Å². The number of halogens is 1. The zero-order valence-corrected chi connectivity index (χ0v) is 13.7. The van der Waals surface area contributed by atoms with Crippen LogP contribution in [0.5, 0.6) is 5.75 Å². The molecule has 1 aromatic heterocycles.